The molecule has 0 radical (unpaired) electrons. The van der Waals surface area contributed by atoms with Crippen molar-refractivity contribution in [3.05, 3.63) is 69.9 Å². The van der Waals surface area contributed by atoms with Gasteiger partial charge in [0.15, 0.2) is 0 Å². The van der Waals surface area contributed by atoms with E-state index in [-0.39, 0.29) is 11.7 Å². The molecule has 0 spiro atoms. The maximum absolute atomic E-state index is 13.8. The average Bonchev–Trinajstić information content (AvgIpc) is 2.51. The number of benzene rings is 2. The Hall–Kier alpha value is -2.01. The quantitative estimate of drug-likeness (QED) is 0.883. The van der Waals surface area contributed by atoms with Crippen LogP contribution in [0.3, 0.4) is 0 Å². The summed E-state index contributed by atoms with van der Waals surface area (Å²) in [6.07, 6.45) is 0.584. The second-order valence-corrected chi connectivity index (χ2v) is 5.73. The molecule has 1 aliphatic rings. The Bertz CT molecular complexity index is 726. The first-order valence-corrected chi connectivity index (χ1v) is 7.34. The summed E-state index contributed by atoms with van der Waals surface area (Å²) in [6.45, 7) is 0. The van der Waals surface area contributed by atoms with Crippen molar-refractivity contribution in [2.45, 2.75) is 12.3 Å². The molecule has 21 heavy (non-hydrogen) atoms. The molecule has 0 saturated carbocycles. The van der Waals surface area contributed by atoms with Crippen LogP contribution in [0, 0.1) is 5.82 Å². The fourth-order valence-electron chi connectivity index (χ4n) is 2.41. The maximum atomic E-state index is 13.8. The lowest BCUT2D eigenvalue weighted by molar-refractivity contribution is 0.620. The molecule has 0 bridgehead atoms. The molecule has 106 valence electrons. The standard InChI is InChI=1S/C16H13BrFN3/c17-13-7-6-11(8-14(13)18)16-12(9-15(19)20-21-16)10-4-2-1-3-5-10/h1-8,12H,9H2,(H2,19,20). The van der Waals surface area contributed by atoms with Crippen molar-refractivity contribution in [3.63, 3.8) is 0 Å². The lowest BCUT2D eigenvalue weighted by Gasteiger charge is -2.22. The topological polar surface area (TPSA) is 50.7 Å². The van der Waals surface area contributed by atoms with Gasteiger partial charge in [-0.05, 0) is 33.6 Å². The molecule has 1 atom stereocenters. The highest BCUT2D eigenvalue weighted by Crippen LogP contribution is 2.29. The molecule has 0 aliphatic carbocycles. The van der Waals surface area contributed by atoms with Crippen LogP contribution in [0.5, 0.6) is 0 Å². The summed E-state index contributed by atoms with van der Waals surface area (Å²) in [5.74, 6) is 0.166. The van der Waals surface area contributed by atoms with E-state index >= 15 is 0 Å². The molecule has 3 rings (SSSR count). The maximum Gasteiger partial charge on any atom is 0.138 e. The predicted molar refractivity (Wildman–Crippen MR) is 86.1 cm³/mol. The van der Waals surface area contributed by atoms with E-state index in [0.29, 0.717) is 16.7 Å². The molecule has 2 aromatic rings. The average molecular weight is 346 g/mol. The Morgan fingerprint density at radius 2 is 1.86 bits per heavy atom. The minimum atomic E-state index is -0.315. The van der Waals surface area contributed by atoms with Crippen LogP contribution < -0.4 is 5.73 Å². The highest BCUT2D eigenvalue weighted by molar-refractivity contribution is 9.10. The zero-order valence-corrected chi connectivity index (χ0v) is 12.7. The van der Waals surface area contributed by atoms with Crippen LogP contribution in [0.2, 0.25) is 0 Å². The van der Waals surface area contributed by atoms with Crippen LogP contribution in [-0.4, -0.2) is 11.5 Å². The van der Waals surface area contributed by atoms with E-state index in [1.165, 1.54) is 6.07 Å². The second-order valence-electron chi connectivity index (χ2n) is 4.87. The summed E-state index contributed by atoms with van der Waals surface area (Å²) >= 11 is 3.16. The van der Waals surface area contributed by atoms with E-state index in [2.05, 4.69) is 26.1 Å². The molecule has 2 N–H and O–H groups in total. The number of nitrogens with zero attached hydrogens (tertiary/aromatic N) is 2. The lowest BCUT2D eigenvalue weighted by Crippen LogP contribution is -2.25. The lowest BCUT2D eigenvalue weighted by atomic mass is 9.86. The molecule has 1 heterocycles. The van der Waals surface area contributed by atoms with E-state index in [9.17, 15) is 4.39 Å². The molecular weight excluding hydrogens is 333 g/mol. The number of amidine groups is 1. The van der Waals surface area contributed by atoms with Gasteiger partial charge in [-0.15, -0.1) is 5.10 Å². The molecular formula is C16H13BrFN3. The number of halogens is 2. The monoisotopic (exact) mass is 345 g/mol. The zero-order valence-electron chi connectivity index (χ0n) is 11.1. The van der Waals surface area contributed by atoms with Crippen LogP contribution in [-0.2, 0) is 0 Å². The fraction of sp³-hybridized carbons (Fsp3) is 0.125. The molecule has 2 aromatic carbocycles. The highest BCUT2D eigenvalue weighted by Gasteiger charge is 2.25. The van der Waals surface area contributed by atoms with Gasteiger partial charge < -0.3 is 5.73 Å². The van der Waals surface area contributed by atoms with Gasteiger partial charge in [0.2, 0.25) is 0 Å². The smallest absolute Gasteiger partial charge is 0.138 e. The van der Waals surface area contributed by atoms with Gasteiger partial charge in [-0.25, -0.2) is 4.39 Å². The third-order valence-electron chi connectivity index (χ3n) is 3.45. The largest absolute Gasteiger partial charge is 0.386 e. The number of nitrogens with two attached hydrogens (primary N) is 1. The van der Waals surface area contributed by atoms with Gasteiger partial charge in [-0.2, -0.15) is 5.10 Å². The number of hydrogen-bond acceptors (Lipinski definition) is 3. The van der Waals surface area contributed by atoms with E-state index in [4.69, 9.17) is 5.73 Å². The van der Waals surface area contributed by atoms with Crippen molar-refractivity contribution in [1.82, 2.24) is 0 Å². The Morgan fingerprint density at radius 1 is 1.10 bits per heavy atom. The van der Waals surface area contributed by atoms with Crippen molar-refractivity contribution in [1.29, 1.82) is 0 Å². The Balaban J connectivity index is 2.06. The Labute approximate surface area is 130 Å². The van der Waals surface area contributed by atoms with Crippen molar-refractivity contribution < 1.29 is 4.39 Å². The minimum absolute atomic E-state index is 0.00993. The third kappa shape index (κ3) is 2.88. The number of rotatable bonds is 2. The van der Waals surface area contributed by atoms with Crippen molar-refractivity contribution in [3.8, 4) is 0 Å². The summed E-state index contributed by atoms with van der Waals surface area (Å²) in [7, 11) is 0. The zero-order chi connectivity index (χ0) is 14.8. The molecule has 0 saturated heterocycles. The van der Waals surface area contributed by atoms with Gasteiger partial charge in [0.25, 0.3) is 0 Å². The first-order valence-electron chi connectivity index (χ1n) is 6.55. The molecule has 0 aromatic heterocycles. The Kier molecular flexibility index (Phi) is 3.84. The first-order chi connectivity index (χ1) is 10.1. The van der Waals surface area contributed by atoms with Crippen LogP contribution in [0.1, 0.15) is 23.5 Å². The van der Waals surface area contributed by atoms with E-state index in [0.717, 1.165) is 16.8 Å². The van der Waals surface area contributed by atoms with Crippen molar-refractivity contribution >= 4 is 27.5 Å². The molecule has 1 aliphatic heterocycles. The van der Waals surface area contributed by atoms with Gasteiger partial charge in [-0.1, -0.05) is 36.4 Å². The van der Waals surface area contributed by atoms with Gasteiger partial charge >= 0.3 is 0 Å². The summed E-state index contributed by atoms with van der Waals surface area (Å²) in [6, 6.07) is 14.9. The number of hydrogen-bond donors (Lipinski definition) is 1. The summed E-state index contributed by atoms with van der Waals surface area (Å²) in [5, 5.41) is 8.17. The highest BCUT2D eigenvalue weighted by atomic mass is 79.9. The summed E-state index contributed by atoms with van der Waals surface area (Å²) in [4.78, 5) is 0. The van der Waals surface area contributed by atoms with E-state index in [1.807, 2.05) is 36.4 Å². The van der Waals surface area contributed by atoms with Crippen molar-refractivity contribution in [2.24, 2.45) is 15.9 Å². The second kappa shape index (κ2) is 5.77. The fourth-order valence-corrected chi connectivity index (χ4v) is 2.66. The molecule has 3 nitrogen and oxygen atoms in total. The van der Waals surface area contributed by atoms with E-state index in [1.54, 1.807) is 6.07 Å². The van der Waals surface area contributed by atoms with Crippen LogP contribution in [0.4, 0.5) is 4.39 Å². The van der Waals surface area contributed by atoms with Gasteiger partial charge in [0.1, 0.15) is 11.7 Å². The van der Waals surface area contributed by atoms with Crippen LogP contribution in [0.25, 0.3) is 0 Å². The minimum Gasteiger partial charge on any atom is -0.386 e. The molecule has 0 amide bonds. The van der Waals surface area contributed by atoms with Gasteiger partial charge in [-0.3, -0.25) is 0 Å². The Morgan fingerprint density at radius 3 is 2.57 bits per heavy atom. The molecule has 5 heteroatoms. The van der Waals surface area contributed by atoms with Crippen molar-refractivity contribution in [2.75, 3.05) is 0 Å². The third-order valence-corrected chi connectivity index (χ3v) is 4.09. The first kappa shape index (κ1) is 13.9. The van der Waals surface area contributed by atoms with Gasteiger partial charge in [0, 0.05) is 17.9 Å². The molecule has 1 unspecified atom stereocenters. The van der Waals surface area contributed by atoms with E-state index < -0.39 is 0 Å². The van der Waals surface area contributed by atoms with Crippen LogP contribution >= 0.6 is 15.9 Å². The summed E-state index contributed by atoms with van der Waals surface area (Å²) in [5.41, 5.74) is 8.37. The van der Waals surface area contributed by atoms with Crippen LogP contribution in [0.15, 0.2) is 63.2 Å². The van der Waals surface area contributed by atoms with Gasteiger partial charge in [0.05, 0.1) is 10.2 Å². The SMILES string of the molecule is NC1=NN=C(c2ccc(Br)c(F)c2)C(c2ccccc2)C1. The summed E-state index contributed by atoms with van der Waals surface area (Å²) < 4.78 is 14.2. The normalized spacial score (nSPS) is 18.1. The molecule has 0 fully saturated rings. The predicted octanol–water partition coefficient (Wildman–Crippen LogP) is 3.84.